The van der Waals surface area contributed by atoms with Gasteiger partial charge in [-0.15, -0.1) is 0 Å². The highest BCUT2D eigenvalue weighted by Gasteiger charge is 2.20. The third-order valence-electron chi connectivity index (χ3n) is 5.36. The minimum atomic E-state index is -0.0303. The number of hydrogen-bond acceptors (Lipinski definition) is 6. The number of methoxy groups -OCH3 is 2. The van der Waals surface area contributed by atoms with E-state index in [-0.39, 0.29) is 11.6 Å². The molecular formula is C27H30N4O2. The molecule has 0 bridgehead atoms. The van der Waals surface area contributed by atoms with Gasteiger partial charge >= 0.3 is 0 Å². The molecule has 3 aromatic carbocycles. The molecular weight excluding hydrogens is 412 g/mol. The molecule has 1 atom stereocenters. The van der Waals surface area contributed by atoms with Crippen molar-refractivity contribution in [2.45, 2.75) is 32.4 Å². The molecule has 0 saturated heterocycles. The van der Waals surface area contributed by atoms with Gasteiger partial charge in [0.05, 0.1) is 25.8 Å². The van der Waals surface area contributed by atoms with Gasteiger partial charge in [0.25, 0.3) is 0 Å². The lowest BCUT2D eigenvalue weighted by molar-refractivity contribution is 0.356. The molecule has 0 spiro atoms. The van der Waals surface area contributed by atoms with E-state index in [0.717, 1.165) is 16.6 Å². The number of nitrogens with zero attached hydrogens (tertiary/aromatic N) is 2. The number of benzene rings is 3. The van der Waals surface area contributed by atoms with Crippen molar-refractivity contribution < 1.29 is 9.47 Å². The van der Waals surface area contributed by atoms with Crippen molar-refractivity contribution in [3.63, 3.8) is 0 Å². The Balaban J connectivity index is 1.64. The van der Waals surface area contributed by atoms with Crippen LogP contribution < -0.4 is 20.1 Å². The summed E-state index contributed by atoms with van der Waals surface area (Å²) in [5, 5.41) is 8.02. The summed E-state index contributed by atoms with van der Waals surface area (Å²) in [5.74, 6) is 1.98. The lowest BCUT2D eigenvalue weighted by atomic mass is 9.95. The first-order valence-corrected chi connectivity index (χ1v) is 10.9. The Morgan fingerprint density at radius 1 is 0.788 bits per heavy atom. The van der Waals surface area contributed by atoms with Gasteiger partial charge < -0.3 is 20.1 Å². The fraction of sp³-hybridized carbons (Fsp3) is 0.259. The second-order valence-corrected chi connectivity index (χ2v) is 8.93. The van der Waals surface area contributed by atoms with Gasteiger partial charge in [-0.2, -0.15) is 0 Å². The first-order valence-electron chi connectivity index (χ1n) is 10.9. The van der Waals surface area contributed by atoms with E-state index >= 15 is 0 Å². The van der Waals surface area contributed by atoms with Crippen LogP contribution in [0.3, 0.4) is 0 Å². The molecule has 0 saturated carbocycles. The van der Waals surface area contributed by atoms with Crippen LogP contribution in [-0.2, 0) is 0 Å². The van der Waals surface area contributed by atoms with Crippen LogP contribution in [0.5, 0.6) is 11.5 Å². The van der Waals surface area contributed by atoms with Gasteiger partial charge in [0, 0.05) is 22.7 Å². The van der Waals surface area contributed by atoms with Crippen molar-refractivity contribution >= 4 is 22.4 Å². The second-order valence-electron chi connectivity index (χ2n) is 8.93. The molecule has 6 nitrogen and oxygen atoms in total. The summed E-state index contributed by atoms with van der Waals surface area (Å²) in [6.07, 6.45) is 1.55. The summed E-state index contributed by atoms with van der Waals surface area (Å²) in [6, 6.07) is 22.8. The Kier molecular flexibility index (Phi) is 6.47. The van der Waals surface area contributed by atoms with E-state index in [2.05, 4.69) is 89.9 Å². The van der Waals surface area contributed by atoms with E-state index in [1.54, 1.807) is 20.5 Å². The average Bonchev–Trinajstić information content (AvgIpc) is 2.82. The molecule has 1 aromatic heterocycles. The van der Waals surface area contributed by atoms with Crippen molar-refractivity contribution in [3.05, 3.63) is 84.2 Å². The molecule has 0 unspecified atom stereocenters. The quantitative estimate of drug-likeness (QED) is 0.373. The van der Waals surface area contributed by atoms with Crippen LogP contribution in [0.4, 0.5) is 11.5 Å². The van der Waals surface area contributed by atoms with Gasteiger partial charge in [-0.25, -0.2) is 9.97 Å². The number of nitrogens with one attached hydrogen (secondary N) is 2. The fourth-order valence-electron chi connectivity index (χ4n) is 3.82. The number of aromatic nitrogens is 2. The zero-order valence-corrected chi connectivity index (χ0v) is 19.7. The third-order valence-corrected chi connectivity index (χ3v) is 5.36. The largest absolute Gasteiger partial charge is 0.493 e. The molecule has 170 valence electrons. The molecule has 4 aromatic rings. The van der Waals surface area contributed by atoms with Gasteiger partial charge in [-0.05, 0) is 50.1 Å². The number of rotatable bonds is 7. The maximum Gasteiger partial charge on any atom is 0.162 e. The Hall–Kier alpha value is -3.64. The van der Waals surface area contributed by atoms with Crippen LogP contribution in [0, 0.1) is 0 Å². The molecule has 0 aliphatic rings. The number of fused-ring (bicyclic) bond motifs is 1. The summed E-state index contributed by atoms with van der Waals surface area (Å²) >= 11 is 0. The monoisotopic (exact) mass is 442 g/mol. The van der Waals surface area contributed by atoms with E-state index in [4.69, 9.17) is 9.47 Å². The Morgan fingerprint density at radius 2 is 1.42 bits per heavy atom. The van der Waals surface area contributed by atoms with Gasteiger partial charge in [0.1, 0.15) is 12.1 Å². The normalized spacial score (nSPS) is 12.4. The summed E-state index contributed by atoms with van der Waals surface area (Å²) < 4.78 is 10.9. The minimum absolute atomic E-state index is 0.0303. The van der Waals surface area contributed by atoms with E-state index < -0.39 is 0 Å². The highest BCUT2D eigenvalue weighted by atomic mass is 16.5. The average molecular weight is 443 g/mol. The maximum absolute atomic E-state index is 5.46. The van der Waals surface area contributed by atoms with Crippen LogP contribution in [-0.4, -0.2) is 29.7 Å². The Bertz CT molecular complexity index is 1220. The molecule has 6 heteroatoms. The Morgan fingerprint density at radius 3 is 2.06 bits per heavy atom. The predicted molar refractivity (Wildman–Crippen MR) is 134 cm³/mol. The van der Waals surface area contributed by atoms with E-state index in [1.807, 2.05) is 18.2 Å². The highest BCUT2D eigenvalue weighted by molar-refractivity contribution is 5.93. The first kappa shape index (κ1) is 22.6. The third kappa shape index (κ3) is 5.23. The minimum Gasteiger partial charge on any atom is -0.493 e. The van der Waals surface area contributed by atoms with Gasteiger partial charge in [-0.3, -0.25) is 0 Å². The summed E-state index contributed by atoms with van der Waals surface area (Å²) in [5.41, 5.74) is 4.12. The van der Waals surface area contributed by atoms with Crippen LogP contribution in [0.1, 0.15) is 37.9 Å². The van der Waals surface area contributed by atoms with E-state index in [1.165, 1.54) is 11.1 Å². The lowest BCUT2D eigenvalue weighted by Crippen LogP contribution is -2.39. The van der Waals surface area contributed by atoms with Crippen molar-refractivity contribution in [1.82, 2.24) is 15.3 Å². The standard InChI is InChI=1S/C27H30N4O2/c1-27(2,3)31-25(18-9-7-6-8-10-18)19-11-13-20(14-12-19)30-26-21-15-23(32-4)24(33-5)16-22(21)28-17-29-26/h6-17,25,31H,1-5H3,(H,28,29,30)/t25-/m1/s1. The number of anilines is 2. The molecule has 4 rings (SSSR count). The van der Waals surface area contributed by atoms with Crippen molar-refractivity contribution in [2.75, 3.05) is 19.5 Å². The lowest BCUT2D eigenvalue weighted by Gasteiger charge is -2.29. The summed E-state index contributed by atoms with van der Waals surface area (Å²) in [6.45, 7) is 6.55. The number of ether oxygens (including phenoxy) is 2. The van der Waals surface area contributed by atoms with Crippen LogP contribution in [0.2, 0.25) is 0 Å². The molecule has 0 aliphatic carbocycles. The molecule has 1 heterocycles. The highest BCUT2D eigenvalue weighted by Crippen LogP contribution is 2.34. The zero-order chi connectivity index (χ0) is 23.4. The molecule has 33 heavy (non-hydrogen) atoms. The van der Waals surface area contributed by atoms with Crippen LogP contribution in [0.25, 0.3) is 10.9 Å². The molecule has 0 aliphatic heterocycles. The topological polar surface area (TPSA) is 68.3 Å². The van der Waals surface area contributed by atoms with E-state index in [9.17, 15) is 0 Å². The van der Waals surface area contributed by atoms with Crippen LogP contribution in [0.15, 0.2) is 73.1 Å². The summed E-state index contributed by atoms with van der Waals surface area (Å²) in [4.78, 5) is 8.83. The van der Waals surface area contributed by atoms with E-state index in [0.29, 0.717) is 17.3 Å². The van der Waals surface area contributed by atoms with Crippen LogP contribution >= 0.6 is 0 Å². The SMILES string of the molecule is COc1cc2ncnc(Nc3ccc([C@H](NC(C)(C)C)c4ccccc4)cc3)c2cc1OC. The first-order chi connectivity index (χ1) is 15.9. The second kappa shape index (κ2) is 9.46. The van der Waals surface area contributed by atoms with Gasteiger partial charge in [0.15, 0.2) is 11.5 Å². The van der Waals surface area contributed by atoms with Crippen molar-refractivity contribution in [1.29, 1.82) is 0 Å². The molecule has 0 fully saturated rings. The van der Waals surface area contributed by atoms with Crippen molar-refractivity contribution in [3.8, 4) is 11.5 Å². The molecule has 0 radical (unpaired) electrons. The zero-order valence-electron chi connectivity index (χ0n) is 19.7. The van der Waals surface area contributed by atoms with Gasteiger partial charge in [-0.1, -0.05) is 42.5 Å². The molecule has 0 amide bonds. The van der Waals surface area contributed by atoms with Crippen molar-refractivity contribution in [2.24, 2.45) is 0 Å². The maximum atomic E-state index is 5.46. The predicted octanol–water partition coefficient (Wildman–Crippen LogP) is 5.87. The number of hydrogen-bond donors (Lipinski definition) is 2. The summed E-state index contributed by atoms with van der Waals surface area (Å²) in [7, 11) is 3.23. The molecule has 2 N–H and O–H groups in total. The van der Waals surface area contributed by atoms with Gasteiger partial charge in [0.2, 0.25) is 0 Å². The fourth-order valence-corrected chi connectivity index (χ4v) is 3.82. The Labute approximate surface area is 195 Å². The smallest absolute Gasteiger partial charge is 0.162 e.